The Balaban J connectivity index is 1.99. The Morgan fingerprint density at radius 3 is 2.38 bits per heavy atom. The van der Waals surface area contributed by atoms with Gasteiger partial charge in [0.15, 0.2) is 0 Å². The zero-order valence-corrected chi connectivity index (χ0v) is 15.0. The highest BCUT2D eigenvalue weighted by molar-refractivity contribution is 5.83. The van der Waals surface area contributed by atoms with Crippen molar-refractivity contribution in [3.63, 3.8) is 0 Å². The van der Waals surface area contributed by atoms with Crippen LogP contribution in [-0.4, -0.2) is 18.7 Å². The van der Waals surface area contributed by atoms with E-state index in [2.05, 4.69) is 0 Å². The van der Waals surface area contributed by atoms with Crippen LogP contribution in [0, 0.1) is 5.82 Å². The largest absolute Gasteiger partial charge is 0.427 e. The molecule has 0 aliphatic carbocycles. The number of allylic oxidation sites excluding steroid dienone is 1. The molecule has 1 unspecified atom stereocenters. The highest BCUT2D eigenvalue weighted by atomic mass is 19.1. The number of benzene rings is 2. The molecule has 4 nitrogen and oxygen atoms in total. The lowest BCUT2D eigenvalue weighted by Crippen LogP contribution is -2.17. The summed E-state index contributed by atoms with van der Waals surface area (Å²) in [7, 11) is 0. The molecule has 0 saturated carbocycles. The second-order valence-electron chi connectivity index (χ2n) is 6.09. The number of hydrogen-bond donors (Lipinski definition) is 0. The highest BCUT2D eigenvalue weighted by Crippen LogP contribution is 2.26. The zero-order valence-electron chi connectivity index (χ0n) is 15.0. The van der Waals surface area contributed by atoms with Gasteiger partial charge in [0.1, 0.15) is 5.82 Å². The van der Waals surface area contributed by atoms with Crippen LogP contribution < -0.4 is 0 Å². The van der Waals surface area contributed by atoms with Gasteiger partial charge in [-0.1, -0.05) is 48.0 Å². The summed E-state index contributed by atoms with van der Waals surface area (Å²) in [6.45, 7) is 4.64. The lowest BCUT2D eigenvalue weighted by atomic mass is 9.97. The lowest BCUT2D eigenvalue weighted by molar-refractivity contribution is -0.164. The lowest BCUT2D eigenvalue weighted by Gasteiger charge is -2.13. The molecule has 0 saturated heterocycles. The van der Waals surface area contributed by atoms with E-state index in [0.717, 1.165) is 11.1 Å². The standard InChI is InChI=1S/C21H21FO4/c1-14(2)11-20(23)25-13-26-21(24)15(3)17-9-10-18(19(22)12-17)16-7-5-4-6-8-16/h4-12,15H,13H2,1-3H3. The molecule has 0 N–H and O–H groups in total. The predicted molar refractivity (Wildman–Crippen MR) is 96.7 cm³/mol. The van der Waals surface area contributed by atoms with Crippen LogP contribution in [0.2, 0.25) is 0 Å². The van der Waals surface area contributed by atoms with Crippen LogP contribution in [0.4, 0.5) is 4.39 Å². The number of rotatable bonds is 6. The van der Waals surface area contributed by atoms with Gasteiger partial charge in [0, 0.05) is 11.6 Å². The number of halogens is 1. The van der Waals surface area contributed by atoms with Crippen LogP contribution in [0.3, 0.4) is 0 Å². The third-order valence-corrected chi connectivity index (χ3v) is 3.74. The Morgan fingerprint density at radius 2 is 1.77 bits per heavy atom. The molecule has 0 aliphatic rings. The summed E-state index contributed by atoms with van der Waals surface area (Å²) in [6, 6.07) is 13.8. The van der Waals surface area contributed by atoms with Crippen molar-refractivity contribution in [2.75, 3.05) is 6.79 Å². The van der Waals surface area contributed by atoms with Crippen molar-refractivity contribution in [3.05, 3.63) is 71.6 Å². The van der Waals surface area contributed by atoms with Crippen molar-refractivity contribution in [1.29, 1.82) is 0 Å². The third-order valence-electron chi connectivity index (χ3n) is 3.74. The van der Waals surface area contributed by atoms with Gasteiger partial charge < -0.3 is 9.47 Å². The second-order valence-corrected chi connectivity index (χ2v) is 6.09. The normalized spacial score (nSPS) is 11.4. The first-order valence-corrected chi connectivity index (χ1v) is 8.21. The van der Waals surface area contributed by atoms with E-state index in [9.17, 15) is 14.0 Å². The number of esters is 2. The Kier molecular flexibility index (Phi) is 6.67. The number of ether oxygens (including phenoxy) is 2. The van der Waals surface area contributed by atoms with Gasteiger partial charge in [0.05, 0.1) is 5.92 Å². The van der Waals surface area contributed by atoms with Crippen LogP contribution in [0.25, 0.3) is 11.1 Å². The number of carbonyl (C=O) groups is 2. The van der Waals surface area contributed by atoms with Crippen LogP contribution in [0.1, 0.15) is 32.3 Å². The number of hydrogen-bond acceptors (Lipinski definition) is 4. The van der Waals surface area contributed by atoms with Gasteiger partial charge in [0.2, 0.25) is 6.79 Å². The van der Waals surface area contributed by atoms with Crippen LogP contribution >= 0.6 is 0 Å². The number of carbonyl (C=O) groups excluding carboxylic acids is 2. The monoisotopic (exact) mass is 356 g/mol. The molecule has 0 bridgehead atoms. The average molecular weight is 356 g/mol. The van der Waals surface area contributed by atoms with E-state index in [1.165, 1.54) is 12.1 Å². The molecule has 2 aromatic carbocycles. The first kappa shape index (κ1) is 19.4. The van der Waals surface area contributed by atoms with Crippen molar-refractivity contribution in [1.82, 2.24) is 0 Å². The molecular weight excluding hydrogens is 335 g/mol. The zero-order chi connectivity index (χ0) is 19.1. The summed E-state index contributed by atoms with van der Waals surface area (Å²) < 4.78 is 24.1. The molecule has 5 heteroatoms. The molecule has 0 fully saturated rings. The Morgan fingerprint density at radius 1 is 1.08 bits per heavy atom. The molecule has 0 amide bonds. The predicted octanol–water partition coefficient (Wildman–Crippen LogP) is 4.61. The van der Waals surface area contributed by atoms with Crippen molar-refractivity contribution in [3.8, 4) is 11.1 Å². The summed E-state index contributed by atoms with van der Waals surface area (Å²) in [4.78, 5) is 23.4. The third kappa shape index (κ3) is 5.28. The van der Waals surface area contributed by atoms with Gasteiger partial charge in [0.25, 0.3) is 0 Å². The molecule has 26 heavy (non-hydrogen) atoms. The summed E-state index contributed by atoms with van der Waals surface area (Å²) in [6.07, 6.45) is 1.30. The topological polar surface area (TPSA) is 52.6 Å². The van der Waals surface area contributed by atoms with Gasteiger partial charge in [-0.15, -0.1) is 0 Å². The van der Waals surface area contributed by atoms with Crippen molar-refractivity contribution >= 4 is 11.9 Å². The van der Waals surface area contributed by atoms with E-state index in [-0.39, 0.29) is 0 Å². The maximum atomic E-state index is 14.4. The van der Waals surface area contributed by atoms with Crippen molar-refractivity contribution in [2.24, 2.45) is 0 Å². The van der Waals surface area contributed by atoms with Crippen LogP contribution in [0.5, 0.6) is 0 Å². The highest BCUT2D eigenvalue weighted by Gasteiger charge is 2.19. The summed E-state index contributed by atoms with van der Waals surface area (Å²) in [5.74, 6) is -2.27. The summed E-state index contributed by atoms with van der Waals surface area (Å²) >= 11 is 0. The molecule has 0 aliphatic heterocycles. The molecule has 0 spiro atoms. The fourth-order valence-corrected chi connectivity index (χ4v) is 2.34. The molecule has 0 heterocycles. The summed E-state index contributed by atoms with van der Waals surface area (Å²) in [5.41, 5.74) is 2.50. The minimum atomic E-state index is -0.684. The van der Waals surface area contributed by atoms with Crippen molar-refractivity contribution < 1.29 is 23.5 Å². The fraction of sp³-hybridized carbons (Fsp3) is 0.238. The molecular formula is C21H21FO4. The van der Waals surface area contributed by atoms with Crippen LogP contribution in [-0.2, 0) is 19.1 Å². The molecule has 2 rings (SSSR count). The first-order chi connectivity index (χ1) is 12.4. The fourth-order valence-electron chi connectivity index (χ4n) is 2.34. The summed E-state index contributed by atoms with van der Waals surface area (Å²) in [5, 5.41) is 0. The van der Waals surface area contributed by atoms with E-state index in [1.54, 1.807) is 32.9 Å². The molecule has 2 aromatic rings. The van der Waals surface area contributed by atoms with Gasteiger partial charge in [-0.05, 0) is 38.0 Å². The van der Waals surface area contributed by atoms with Gasteiger partial charge >= 0.3 is 11.9 Å². The average Bonchev–Trinajstić information content (AvgIpc) is 2.61. The molecule has 136 valence electrons. The first-order valence-electron chi connectivity index (χ1n) is 8.21. The SMILES string of the molecule is CC(C)=CC(=O)OCOC(=O)C(C)c1ccc(-c2ccccc2)c(F)c1. The quantitative estimate of drug-likeness (QED) is 0.431. The van der Waals surface area contributed by atoms with E-state index in [4.69, 9.17) is 9.47 Å². The minimum absolute atomic E-state index is 0.414. The molecule has 0 radical (unpaired) electrons. The minimum Gasteiger partial charge on any atom is -0.427 e. The van der Waals surface area contributed by atoms with Crippen LogP contribution in [0.15, 0.2) is 60.2 Å². The van der Waals surface area contributed by atoms with E-state index < -0.39 is 30.5 Å². The van der Waals surface area contributed by atoms with Gasteiger partial charge in [-0.25, -0.2) is 9.18 Å². The Labute approximate surface area is 152 Å². The molecule has 1 atom stereocenters. The van der Waals surface area contributed by atoms with Gasteiger partial charge in [-0.2, -0.15) is 0 Å². The van der Waals surface area contributed by atoms with E-state index in [1.807, 2.05) is 30.3 Å². The Hall–Kier alpha value is -2.95. The smallest absolute Gasteiger partial charge is 0.333 e. The Bertz CT molecular complexity index is 808. The molecule has 0 aromatic heterocycles. The second kappa shape index (κ2) is 8.94. The maximum absolute atomic E-state index is 14.4. The van der Waals surface area contributed by atoms with E-state index in [0.29, 0.717) is 11.1 Å². The van der Waals surface area contributed by atoms with Gasteiger partial charge in [-0.3, -0.25) is 4.79 Å². The van der Waals surface area contributed by atoms with Crippen molar-refractivity contribution in [2.45, 2.75) is 26.7 Å². The van der Waals surface area contributed by atoms with E-state index >= 15 is 0 Å². The maximum Gasteiger partial charge on any atom is 0.333 e.